The molecule has 1 aromatic carbocycles. The third-order valence-corrected chi connectivity index (χ3v) is 4.23. The van der Waals surface area contributed by atoms with Crippen molar-refractivity contribution >= 4 is 27.7 Å². The maximum atomic E-state index is 13.7. The van der Waals surface area contributed by atoms with Crippen LogP contribution in [-0.4, -0.2) is 11.8 Å². The number of nitrogens with one attached hydrogen (secondary N) is 1. The van der Waals surface area contributed by atoms with Gasteiger partial charge in [-0.05, 0) is 46.0 Å². The minimum absolute atomic E-state index is 0.226. The van der Waals surface area contributed by atoms with Gasteiger partial charge in [-0.1, -0.05) is 19.9 Å². The van der Waals surface area contributed by atoms with Gasteiger partial charge in [0.15, 0.2) is 0 Å². The fraction of sp³-hybridized carbons (Fsp3) is 0.467. The zero-order chi connectivity index (χ0) is 14.9. The van der Waals surface area contributed by atoms with Crippen LogP contribution in [0.1, 0.15) is 38.2 Å². The van der Waals surface area contributed by atoms with Crippen molar-refractivity contribution in [2.75, 3.05) is 0 Å². The summed E-state index contributed by atoms with van der Waals surface area (Å²) < 4.78 is 14.1. The summed E-state index contributed by atoms with van der Waals surface area (Å²) in [7, 11) is 0. The Balaban J connectivity index is 2.34. The van der Waals surface area contributed by atoms with Crippen molar-refractivity contribution in [2.24, 2.45) is 11.8 Å². The van der Waals surface area contributed by atoms with E-state index in [0.717, 1.165) is 0 Å². The number of piperidine rings is 1. The normalized spacial score (nSPS) is 23.1. The summed E-state index contributed by atoms with van der Waals surface area (Å²) in [6.07, 6.45) is 0.908. The van der Waals surface area contributed by atoms with E-state index in [-0.39, 0.29) is 35.9 Å². The van der Waals surface area contributed by atoms with Gasteiger partial charge in [0.25, 0.3) is 0 Å². The van der Waals surface area contributed by atoms with Gasteiger partial charge < -0.3 is 0 Å². The molecule has 0 spiro atoms. The third-order valence-electron chi connectivity index (χ3n) is 3.59. The highest BCUT2D eigenvalue weighted by molar-refractivity contribution is 9.10. The highest BCUT2D eigenvalue weighted by Crippen LogP contribution is 2.36. The van der Waals surface area contributed by atoms with E-state index in [1.807, 2.05) is 13.8 Å². The summed E-state index contributed by atoms with van der Waals surface area (Å²) in [4.78, 5) is 23.6. The number of hydrogen-bond acceptors (Lipinski definition) is 2. The fourth-order valence-corrected chi connectivity index (χ4v) is 2.92. The van der Waals surface area contributed by atoms with Gasteiger partial charge in [-0.3, -0.25) is 14.9 Å². The van der Waals surface area contributed by atoms with Crippen LogP contribution < -0.4 is 5.32 Å². The van der Waals surface area contributed by atoms with Crippen LogP contribution in [0, 0.1) is 17.7 Å². The lowest BCUT2D eigenvalue weighted by Crippen LogP contribution is -2.45. The summed E-state index contributed by atoms with van der Waals surface area (Å²) in [5.41, 5.74) is 0.708. The molecule has 1 aromatic rings. The number of hydrogen-bond donors (Lipinski definition) is 1. The van der Waals surface area contributed by atoms with Crippen LogP contribution in [0.4, 0.5) is 4.39 Å². The predicted molar refractivity (Wildman–Crippen MR) is 77.6 cm³/mol. The first-order valence-corrected chi connectivity index (χ1v) is 7.46. The van der Waals surface area contributed by atoms with Crippen molar-refractivity contribution in [3.05, 3.63) is 34.1 Å². The molecule has 1 aliphatic rings. The number of imide groups is 1. The number of carbonyl (C=O) groups is 2. The Morgan fingerprint density at radius 1 is 1.40 bits per heavy atom. The molecule has 1 aliphatic heterocycles. The number of rotatable bonds is 3. The summed E-state index contributed by atoms with van der Waals surface area (Å²) in [5, 5.41) is 2.38. The molecule has 2 rings (SSSR count). The van der Waals surface area contributed by atoms with E-state index in [0.29, 0.717) is 22.4 Å². The molecule has 0 saturated carbocycles. The Morgan fingerprint density at radius 3 is 2.70 bits per heavy atom. The Morgan fingerprint density at radius 2 is 2.10 bits per heavy atom. The standard InChI is InChI=1S/C15H17BrFNO2/c1-8(2)5-11-10(7-14(19)18-15(11)20)9-3-4-12(16)13(17)6-9/h3-4,6,8,10-11H,5,7H2,1-2H3,(H,18,19,20). The molecule has 2 unspecified atom stereocenters. The molecule has 20 heavy (non-hydrogen) atoms. The number of carbonyl (C=O) groups excluding carboxylic acids is 2. The average molecular weight is 342 g/mol. The summed E-state index contributed by atoms with van der Waals surface area (Å²) >= 11 is 3.11. The quantitative estimate of drug-likeness (QED) is 0.856. The Hall–Kier alpha value is -1.23. The van der Waals surface area contributed by atoms with Crippen LogP contribution in [0.2, 0.25) is 0 Å². The van der Waals surface area contributed by atoms with Gasteiger partial charge in [-0.2, -0.15) is 0 Å². The lowest BCUT2D eigenvalue weighted by Gasteiger charge is -2.31. The molecule has 1 N–H and O–H groups in total. The minimum Gasteiger partial charge on any atom is -0.296 e. The zero-order valence-corrected chi connectivity index (χ0v) is 13.0. The van der Waals surface area contributed by atoms with E-state index >= 15 is 0 Å². The molecule has 1 fully saturated rings. The number of benzene rings is 1. The highest BCUT2D eigenvalue weighted by Gasteiger charge is 2.37. The second-order valence-corrected chi connectivity index (χ2v) is 6.49. The third kappa shape index (κ3) is 3.26. The summed E-state index contributed by atoms with van der Waals surface area (Å²) in [6, 6.07) is 4.80. The molecule has 0 aromatic heterocycles. The molecule has 0 bridgehead atoms. The maximum absolute atomic E-state index is 13.7. The molecule has 0 aliphatic carbocycles. The van der Waals surface area contributed by atoms with Gasteiger partial charge in [0.05, 0.1) is 4.47 Å². The fourth-order valence-electron chi connectivity index (χ4n) is 2.68. The van der Waals surface area contributed by atoms with E-state index in [4.69, 9.17) is 0 Å². The second kappa shape index (κ2) is 6.04. The monoisotopic (exact) mass is 341 g/mol. The molecule has 1 heterocycles. The van der Waals surface area contributed by atoms with Crippen molar-refractivity contribution in [3.63, 3.8) is 0 Å². The first-order valence-electron chi connectivity index (χ1n) is 6.67. The van der Waals surface area contributed by atoms with E-state index in [2.05, 4.69) is 21.2 Å². The molecular formula is C15H17BrFNO2. The van der Waals surface area contributed by atoms with Crippen molar-refractivity contribution < 1.29 is 14.0 Å². The number of halogens is 2. The lowest BCUT2D eigenvalue weighted by atomic mass is 9.76. The zero-order valence-electron chi connectivity index (χ0n) is 11.5. The molecule has 0 radical (unpaired) electrons. The van der Waals surface area contributed by atoms with E-state index in [1.165, 1.54) is 6.07 Å². The SMILES string of the molecule is CC(C)CC1C(=O)NC(=O)CC1c1ccc(Br)c(F)c1. The van der Waals surface area contributed by atoms with Crippen molar-refractivity contribution in [3.8, 4) is 0 Å². The smallest absolute Gasteiger partial charge is 0.230 e. The van der Waals surface area contributed by atoms with Crippen LogP contribution in [0.3, 0.4) is 0 Å². The Bertz CT molecular complexity index is 545. The molecule has 2 atom stereocenters. The first-order chi connectivity index (χ1) is 9.38. The Labute approximate surface area is 126 Å². The van der Waals surface area contributed by atoms with Crippen LogP contribution >= 0.6 is 15.9 Å². The van der Waals surface area contributed by atoms with Gasteiger partial charge in [-0.25, -0.2) is 4.39 Å². The molecule has 108 valence electrons. The van der Waals surface area contributed by atoms with Gasteiger partial charge >= 0.3 is 0 Å². The topological polar surface area (TPSA) is 46.2 Å². The second-order valence-electron chi connectivity index (χ2n) is 5.63. The van der Waals surface area contributed by atoms with Crippen molar-refractivity contribution in [1.82, 2.24) is 5.32 Å². The number of amides is 2. The van der Waals surface area contributed by atoms with Gasteiger partial charge in [0, 0.05) is 18.3 Å². The van der Waals surface area contributed by atoms with Crippen LogP contribution in [0.5, 0.6) is 0 Å². The molecule has 3 nitrogen and oxygen atoms in total. The highest BCUT2D eigenvalue weighted by atomic mass is 79.9. The van der Waals surface area contributed by atoms with Gasteiger partial charge in [0.1, 0.15) is 5.82 Å². The van der Waals surface area contributed by atoms with E-state index < -0.39 is 0 Å². The van der Waals surface area contributed by atoms with Crippen LogP contribution in [-0.2, 0) is 9.59 Å². The molecule has 2 amide bonds. The van der Waals surface area contributed by atoms with Gasteiger partial charge in [-0.15, -0.1) is 0 Å². The predicted octanol–water partition coefficient (Wildman–Crippen LogP) is 3.38. The molecular weight excluding hydrogens is 325 g/mol. The summed E-state index contributed by atoms with van der Waals surface area (Å²) in [5.74, 6) is -1.10. The van der Waals surface area contributed by atoms with E-state index in [9.17, 15) is 14.0 Å². The van der Waals surface area contributed by atoms with E-state index in [1.54, 1.807) is 12.1 Å². The molecule has 1 saturated heterocycles. The lowest BCUT2D eigenvalue weighted by molar-refractivity contribution is -0.137. The minimum atomic E-state index is -0.371. The van der Waals surface area contributed by atoms with Crippen LogP contribution in [0.15, 0.2) is 22.7 Å². The van der Waals surface area contributed by atoms with Crippen LogP contribution in [0.25, 0.3) is 0 Å². The summed E-state index contributed by atoms with van der Waals surface area (Å²) in [6.45, 7) is 4.06. The largest absolute Gasteiger partial charge is 0.296 e. The first kappa shape index (κ1) is 15.2. The Kier molecular flexibility index (Phi) is 4.58. The van der Waals surface area contributed by atoms with Crippen molar-refractivity contribution in [1.29, 1.82) is 0 Å². The molecule has 5 heteroatoms. The van der Waals surface area contributed by atoms with Crippen molar-refractivity contribution in [2.45, 2.75) is 32.6 Å². The van der Waals surface area contributed by atoms with Gasteiger partial charge in [0.2, 0.25) is 11.8 Å². The average Bonchev–Trinajstić information content (AvgIpc) is 2.35. The maximum Gasteiger partial charge on any atom is 0.230 e.